The van der Waals surface area contributed by atoms with Crippen molar-refractivity contribution in [3.63, 3.8) is 0 Å². The molecule has 3 aliphatic heterocycles. The maximum absolute atomic E-state index is 13.3. The minimum absolute atomic E-state index is 0.00565. The van der Waals surface area contributed by atoms with E-state index in [4.69, 9.17) is 18.9 Å². The number of allylic oxidation sites excluding steroid dienone is 1. The van der Waals surface area contributed by atoms with Crippen molar-refractivity contribution in [3.05, 3.63) is 52.6 Å². The van der Waals surface area contributed by atoms with Gasteiger partial charge in [-0.25, -0.2) is 4.79 Å². The molecule has 188 valence electrons. The zero-order valence-corrected chi connectivity index (χ0v) is 20.1. The summed E-state index contributed by atoms with van der Waals surface area (Å²) in [6.45, 7) is 1.89. The van der Waals surface area contributed by atoms with Crippen LogP contribution in [0.4, 0.5) is 0 Å². The Morgan fingerprint density at radius 2 is 1.78 bits per heavy atom. The van der Waals surface area contributed by atoms with E-state index >= 15 is 0 Å². The lowest BCUT2D eigenvalue weighted by atomic mass is 9.83. The number of benzene rings is 2. The lowest BCUT2D eigenvalue weighted by Gasteiger charge is -2.27. The monoisotopic (exact) mass is 492 g/mol. The molecule has 8 heteroatoms. The Kier molecular flexibility index (Phi) is 6.67. The third-order valence-corrected chi connectivity index (χ3v) is 6.78. The number of cyclic esters (lactones) is 1. The van der Waals surface area contributed by atoms with Gasteiger partial charge in [-0.2, -0.15) is 0 Å². The highest BCUT2D eigenvalue weighted by atomic mass is 16.7. The molecular formula is C28H28O8. The highest BCUT2D eigenvalue weighted by Crippen LogP contribution is 2.48. The van der Waals surface area contributed by atoms with Crippen LogP contribution in [0.25, 0.3) is 6.08 Å². The predicted octanol–water partition coefficient (Wildman–Crippen LogP) is 5.04. The lowest BCUT2D eigenvalue weighted by Crippen LogP contribution is -2.23. The van der Waals surface area contributed by atoms with Crippen LogP contribution in [0.1, 0.15) is 84.8 Å². The molecule has 2 atom stereocenters. The van der Waals surface area contributed by atoms with Gasteiger partial charge in [-0.1, -0.05) is 18.2 Å². The first-order chi connectivity index (χ1) is 17.4. The Labute approximate surface area is 208 Å². The van der Waals surface area contributed by atoms with Crippen LogP contribution in [-0.2, 0) is 14.3 Å². The van der Waals surface area contributed by atoms with Crippen molar-refractivity contribution in [1.29, 1.82) is 0 Å². The van der Waals surface area contributed by atoms with E-state index in [1.807, 2.05) is 12.1 Å². The number of ketones is 1. The summed E-state index contributed by atoms with van der Waals surface area (Å²) in [6.07, 6.45) is 6.59. The molecule has 2 unspecified atom stereocenters. The van der Waals surface area contributed by atoms with Gasteiger partial charge in [-0.05, 0) is 61.9 Å². The van der Waals surface area contributed by atoms with E-state index in [0.717, 1.165) is 5.56 Å². The lowest BCUT2D eigenvalue weighted by molar-refractivity contribution is -0.135. The summed E-state index contributed by atoms with van der Waals surface area (Å²) < 4.78 is 22.1. The zero-order valence-electron chi connectivity index (χ0n) is 20.1. The molecule has 3 heterocycles. The first kappa shape index (κ1) is 23.9. The predicted molar refractivity (Wildman–Crippen MR) is 129 cm³/mol. The second kappa shape index (κ2) is 10.0. The number of hydrogen-bond donors (Lipinski definition) is 1. The molecule has 0 bridgehead atoms. The minimum Gasteiger partial charge on any atom is -0.507 e. The van der Waals surface area contributed by atoms with Gasteiger partial charge < -0.3 is 24.1 Å². The van der Waals surface area contributed by atoms with Gasteiger partial charge in [0.1, 0.15) is 22.8 Å². The Balaban J connectivity index is 1.59. The van der Waals surface area contributed by atoms with Crippen LogP contribution in [0, 0.1) is 0 Å². The van der Waals surface area contributed by atoms with Crippen LogP contribution >= 0.6 is 0 Å². The van der Waals surface area contributed by atoms with E-state index in [1.54, 1.807) is 31.2 Å². The van der Waals surface area contributed by atoms with Crippen LogP contribution in [0.15, 0.2) is 30.3 Å². The Bertz CT molecular complexity index is 1240. The largest absolute Gasteiger partial charge is 0.507 e. The Morgan fingerprint density at radius 1 is 0.972 bits per heavy atom. The number of esters is 2. The number of aromatic hydroxyl groups is 1. The minimum atomic E-state index is -0.660. The van der Waals surface area contributed by atoms with Crippen LogP contribution in [0.3, 0.4) is 0 Å². The van der Waals surface area contributed by atoms with E-state index in [1.165, 1.54) is 0 Å². The fraction of sp³-hybridized carbons (Fsp3) is 0.393. The first-order valence-corrected chi connectivity index (χ1v) is 12.3. The quantitative estimate of drug-likeness (QED) is 0.436. The second-order valence-corrected chi connectivity index (χ2v) is 9.39. The van der Waals surface area contributed by atoms with Crippen molar-refractivity contribution < 1.29 is 38.4 Å². The number of phenolic OH excluding ortho intramolecular Hbond substituents is 1. The summed E-state index contributed by atoms with van der Waals surface area (Å²) in [5, 5.41) is 11.5. The third kappa shape index (κ3) is 4.80. The molecule has 1 N–H and O–H groups in total. The van der Waals surface area contributed by atoms with Crippen molar-refractivity contribution in [3.8, 4) is 23.0 Å². The summed E-state index contributed by atoms with van der Waals surface area (Å²) in [5.41, 5.74) is 1.52. The molecule has 0 aromatic heterocycles. The van der Waals surface area contributed by atoms with Crippen molar-refractivity contribution >= 4 is 23.8 Å². The number of phenols is 1. The summed E-state index contributed by atoms with van der Waals surface area (Å²) in [7, 11) is 0. The number of Topliss-reactive ketones (excluding diaryl/α,β-unsaturated/α-hetero) is 1. The number of carbonyl (C=O) groups excluding carboxylic acids is 3. The molecule has 8 nitrogen and oxygen atoms in total. The van der Waals surface area contributed by atoms with Gasteiger partial charge in [-0.15, -0.1) is 0 Å². The smallest absolute Gasteiger partial charge is 0.342 e. The summed E-state index contributed by atoms with van der Waals surface area (Å²) in [4.78, 5) is 37.9. The standard InChI is InChI=1S/C28H28O8/c1-16-6-5-9-19(29)8-4-2-3-7-18-13-23-26(27(31)25(18)28(32)35-16)20(14-24(30)36-23)17-10-11-21-22(12-17)34-15-33-21/h3,7,10-13,16,20,31H,2,4-6,8-9,14-15H2,1H3/b7-3-. The third-order valence-electron chi connectivity index (χ3n) is 6.78. The number of hydrogen-bond acceptors (Lipinski definition) is 8. The topological polar surface area (TPSA) is 108 Å². The average molecular weight is 493 g/mol. The fourth-order valence-corrected chi connectivity index (χ4v) is 4.93. The van der Waals surface area contributed by atoms with Crippen LogP contribution in [0.5, 0.6) is 23.0 Å². The number of ether oxygens (including phenoxy) is 4. The van der Waals surface area contributed by atoms with Gasteiger partial charge in [-0.3, -0.25) is 9.59 Å². The molecular weight excluding hydrogens is 464 g/mol. The maximum atomic E-state index is 13.3. The zero-order chi connectivity index (χ0) is 25.2. The SMILES string of the molecule is CC1CCCC(=O)CCC/C=C\c2cc3c(c(O)c2C(=O)O1)C(c1ccc2c(c1)OCO2)CC(=O)O3. The Morgan fingerprint density at radius 3 is 2.64 bits per heavy atom. The maximum Gasteiger partial charge on any atom is 0.342 e. The van der Waals surface area contributed by atoms with E-state index in [-0.39, 0.29) is 36.1 Å². The summed E-state index contributed by atoms with van der Waals surface area (Å²) in [6, 6.07) is 6.95. The van der Waals surface area contributed by atoms with Gasteiger partial charge >= 0.3 is 11.9 Å². The molecule has 2 aromatic carbocycles. The van der Waals surface area contributed by atoms with E-state index in [0.29, 0.717) is 61.2 Å². The van der Waals surface area contributed by atoms with Gasteiger partial charge in [0.25, 0.3) is 0 Å². The molecule has 3 aliphatic rings. The molecule has 0 radical (unpaired) electrons. The number of rotatable bonds is 1. The van der Waals surface area contributed by atoms with Crippen LogP contribution in [0.2, 0.25) is 0 Å². The second-order valence-electron chi connectivity index (χ2n) is 9.39. The van der Waals surface area contributed by atoms with Crippen LogP contribution < -0.4 is 14.2 Å². The van der Waals surface area contributed by atoms with Crippen molar-refractivity contribution in [2.24, 2.45) is 0 Å². The van der Waals surface area contributed by atoms with Crippen molar-refractivity contribution in [1.82, 2.24) is 0 Å². The van der Waals surface area contributed by atoms with Gasteiger partial charge in [0.2, 0.25) is 6.79 Å². The molecule has 0 saturated carbocycles. The van der Waals surface area contributed by atoms with E-state index < -0.39 is 24.0 Å². The number of fused-ring (bicyclic) bond motifs is 3. The average Bonchev–Trinajstić information content (AvgIpc) is 3.30. The molecule has 0 aliphatic carbocycles. The van der Waals surface area contributed by atoms with E-state index in [9.17, 15) is 19.5 Å². The highest BCUT2D eigenvalue weighted by molar-refractivity contribution is 5.98. The fourth-order valence-electron chi connectivity index (χ4n) is 4.93. The molecule has 0 saturated heterocycles. The summed E-state index contributed by atoms with van der Waals surface area (Å²) in [5.74, 6) is -0.345. The molecule has 2 aromatic rings. The van der Waals surface area contributed by atoms with E-state index in [2.05, 4.69) is 0 Å². The molecule has 36 heavy (non-hydrogen) atoms. The Hall–Kier alpha value is -3.81. The molecule has 5 rings (SSSR count). The molecule has 0 spiro atoms. The summed E-state index contributed by atoms with van der Waals surface area (Å²) >= 11 is 0. The van der Waals surface area contributed by atoms with Gasteiger partial charge in [0.05, 0.1) is 12.5 Å². The van der Waals surface area contributed by atoms with Crippen molar-refractivity contribution in [2.75, 3.05) is 6.79 Å². The van der Waals surface area contributed by atoms with Crippen LogP contribution in [-0.4, -0.2) is 35.7 Å². The molecule has 0 fully saturated rings. The molecule has 0 amide bonds. The van der Waals surface area contributed by atoms with Gasteiger partial charge in [0.15, 0.2) is 11.5 Å². The number of carbonyl (C=O) groups is 3. The van der Waals surface area contributed by atoms with Crippen molar-refractivity contribution in [2.45, 2.75) is 63.9 Å². The van der Waals surface area contributed by atoms with Gasteiger partial charge in [0, 0.05) is 24.3 Å². The normalized spacial score (nSPS) is 23.1. The highest BCUT2D eigenvalue weighted by Gasteiger charge is 2.36. The first-order valence-electron chi connectivity index (χ1n) is 12.3.